The maximum Gasteiger partial charge on any atom is 0.266 e. The maximum atomic E-state index is 12.1. The van der Waals surface area contributed by atoms with Gasteiger partial charge in [-0.25, -0.2) is 0 Å². The molecular formula is C15H9Cl2N3O. The number of carbonyl (C=O) groups excluding carboxylic acids is 1. The zero-order valence-electron chi connectivity index (χ0n) is 10.7. The van der Waals surface area contributed by atoms with Gasteiger partial charge in [0.05, 0.1) is 21.4 Å². The third-order valence-corrected chi connectivity index (χ3v) is 3.36. The number of carbonyl (C=O) groups is 1. The number of nitrogens with zero attached hydrogens (tertiary/aromatic N) is 2. The first-order chi connectivity index (χ1) is 10.1. The Labute approximate surface area is 131 Å². The molecule has 1 aromatic carbocycles. The summed E-state index contributed by atoms with van der Waals surface area (Å²) in [7, 11) is 0. The molecule has 1 heterocycles. The highest BCUT2D eigenvalue weighted by molar-refractivity contribution is 6.44. The number of hydrogen-bond acceptors (Lipinski definition) is 3. The lowest BCUT2D eigenvalue weighted by molar-refractivity contribution is -0.112. The number of benzene rings is 1. The smallest absolute Gasteiger partial charge is 0.266 e. The molecule has 104 valence electrons. The summed E-state index contributed by atoms with van der Waals surface area (Å²) in [5, 5.41) is 12.2. The largest absolute Gasteiger partial charge is 0.320 e. The molecule has 0 saturated heterocycles. The Hall–Kier alpha value is -2.35. The van der Waals surface area contributed by atoms with Crippen LogP contribution in [0, 0.1) is 11.3 Å². The van der Waals surface area contributed by atoms with Gasteiger partial charge in [0.15, 0.2) is 0 Å². The molecule has 0 aliphatic rings. The molecule has 6 heteroatoms. The Morgan fingerprint density at radius 3 is 2.71 bits per heavy atom. The molecule has 0 spiro atoms. The third-order valence-electron chi connectivity index (χ3n) is 2.54. The van der Waals surface area contributed by atoms with Gasteiger partial charge in [-0.2, -0.15) is 5.26 Å². The van der Waals surface area contributed by atoms with Crippen LogP contribution in [-0.2, 0) is 4.79 Å². The summed E-state index contributed by atoms with van der Waals surface area (Å²) in [6.45, 7) is 0. The van der Waals surface area contributed by atoms with Crippen molar-refractivity contribution >= 4 is 40.9 Å². The zero-order valence-corrected chi connectivity index (χ0v) is 12.2. The van der Waals surface area contributed by atoms with Crippen molar-refractivity contribution in [1.82, 2.24) is 4.98 Å². The van der Waals surface area contributed by atoms with E-state index in [1.807, 2.05) is 6.07 Å². The number of rotatable bonds is 3. The summed E-state index contributed by atoms with van der Waals surface area (Å²) in [6, 6.07) is 11.9. The van der Waals surface area contributed by atoms with Gasteiger partial charge in [-0.1, -0.05) is 35.3 Å². The Balaban J connectivity index is 2.24. The second kappa shape index (κ2) is 6.89. The van der Waals surface area contributed by atoms with Crippen molar-refractivity contribution in [3.8, 4) is 6.07 Å². The lowest BCUT2D eigenvalue weighted by Gasteiger charge is -2.07. The average Bonchev–Trinajstić information content (AvgIpc) is 2.50. The number of aromatic nitrogens is 1. The summed E-state index contributed by atoms with van der Waals surface area (Å²) in [6.07, 6.45) is 2.97. The highest BCUT2D eigenvalue weighted by atomic mass is 35.5. The second-order valence-electron chi connectivity index (χ2n) is 3.98. The molecule has 2 rings (SSSR count). The first-order valence-corrected chi connectivity index (χ1v) is 6.65. The average molecular weight is 318 g/mol. The van der Waals surface area contributed by atoms with E-state index in [0.717, 1.165) is 0 Å². The van der Waals surface area contributed by atoms with Crippen molar-refractivity contribution in [2.24, 2.45) is 0 Å². The Morgan fingerprint density at radius 2 is 2.05 bits per heavy atom. The lowest BCUT2D eigenvalue weighted by atomic mass is 10.2. The molecular weight excluding hydrogens is 309 g/mol. The first-order valence-electron chi connectivity index (χ1n) is 5.90. The molecule has 0 aliphatic carbocycles. The zero-order chi connectivity index (χ0) is 15.2. The summed E-state index contributed by atoms with van der Waals surface area (Å²) in [4.78, 5) is 16.1. The summed E-state index contributed by atoms with van der Waals surface area (Å²) in [5.74, 6) is -0.577. The number of nitriles is 1. The first kappa shape index (κ1) is 15.0. The van der Waals surface area contributed by atoms with Crippen LogP contribution < -0.4 is 5.32 Å². The van der Waals surface area contributed by atoms with Gasteiger partial charge in [0.1, 0.15) is 11.6 Å². The van der Waals surface area contributed by atoms with Crippen LogP contribution in [0.15, 0.2) is 48.2 Å². The molecule has 0 bridgehead atoms. The Kier molecular flexibility index (Phi) is 4.94. The van der Waals surface area contributed by atoms with Gasteiger partial charge >= 0.3 is 0 Å². The minimum atomic E-state index is -0.577. The molecule has 1 amide bonds. The predicted octanol–water partition coefficient (Wildman–Crippen LogP) is 3.93. The van der Waals surface area contributed by atoms with Gasteiger partial charge in [0.25, 0.3) is 5.91 Å². The van der Waals surface area contributed by atoms with E-state index in [4.69, 9.17) is 28.5 Å². The summed E-state index contributed by atoms with van der Waals surface area (Å²) in [5.41, 5.74) is 0.780. The number of anilines is 1. The van der Waals surface area contributed by atoms with Crippen LogP contribution in [0.5, 0.6) is 0 Å². The van der Waals surface area contributed by atoms with E-state index in [-0.39, 0.29) is 10.6 Å². The minimum Gasteiger partial charge on any atom is -0.320 e. The fourth-order valence-electron chi connectivity index (χ4n) is 1.55. The molecule has 4 nitrogen and oxygen atoms in total. The summed E-state index contributed by atoms with van der Waals surface area (Å²) >= 11 is 11.9. The second-order valence-corrected chi connectivity index (χ2v) is 4.77. The standard InChI is InChI=1S/C15H9Cl2N3O/c16-12-5-3-6-13(14(12)17)20-15(21)10(9-18)8-11-4-1-2-7-19-11/h1-8H,(H,20,21). The molecule has 0 fully saturated rings. The number of pyridine rings is 1. The molecule has 0 unspecified atom stereocenters. The van der Waals surface area contributed by atoms with Crippen molar-refractivity contribution in [2.45, 2.75) is 0 Å². The lowest BCUT2D eigenvalue weighted by Crippen LogP contribution is -2.13. The normalized spacial score (nSPS) is 10.8. The molecule has 1 aromatic heterocycles. The molecule has 1 N–H and O–H groups in total. The van der Waals surface area contributed by atoms with Crippen molar-refractivity contribution in [3.63, 3.8) is 0 Å². The van der Waals surface area contributed by atoms with Gasteiger partial charge < -0.3 is 5.32 Å². The van der Waals surface area contributed by atoms with E-state index in [0.29, 0.717) is 16.4 Å². The van der Waals surface area contributed by atoms with Crippen molar-refractivity contribution in [3.05, 3.63) is 63.9 Å². The number of halogens is 2. The van der Waals surface area contributed by atoms with Crippen LogP contribution >= 0.6 is 23.2 Å². The van der Waals surface area contributed by atoms with Gasteiger partial charge in [-0.05, 0) is 30.3 Å². The predicted molar refractivity (Wildman–Crippen MR) is 82.9 cm³/mol. The molecule has 21 heavy (non-hydrogen) atoms. The van der Waals surface area contributed by atoms with E-state index in [2.05, 4.69) is 10.3 Å². The van der Waals surface area contributed by atoms with Crippen molar-refractivity contribution in [2.75, 3.05) is 5.32 Å². The van der Waals surface area contributed by atoms with Crippen LogP contribution in [-0.4, -0.2) is 10.9 Å². The SMILES string of the molecule is N#CC(=Cc1ccccn1)C(=O)Nc1cccc(Cl)c1Cl. The quantitative estimate of drug-likeness (QED) is 0.689. The van der Waals surface area contributed by atoms with Crippen molar-refractivity contribution < 1.29 is 4.79 Å². The van der Waals surface area contributed by atoms with Gasteiger partial charge in [0, 0.05) is 6.20 Å². The number of hydrogen-bond donors (Lipinski definition) is 1. The highest BCUT2D eigenvalue weighted by Gasteiger charge is 2.12. The van der Waals surface area contributed by atoms with Crippen LogP contribution in [0.2, 0.25) is 10.0 Å². The number of amides is 1. The fraction of sp³-hybridized carbons (Fsp3) is 0. The van der Waals surface area contributed by atoms with E-state index >= 15 is 0 Å². The topological polar surface area (TPSA) is 65.8 Å². The van der Waals surface area contributed by atoms with Gasteiger partial charge in [0.2, 0.25) is 0 Å². The molecule has 2 aromatic rings. The van der Waals surface area contributed by atoms with Gasteiger partial charge in [-0.15, -0.1) is 0 Å². The van der Waals surface area contributed by atoms with E-state index < -0.39 is 5.91 Å². The minimum absolute atomic E-state index is 0.0789. The van der Waals surface area contributed by atoms with Crippen LogP contribution in [0.1, 0.15) is 5.69 Å². The third kappa shape index (κ3) is 3.82. The fourth-order valence-corrected chi connectivity index (χ4v) is 1.90. The molecule has 0 atom stereocenters. The Morgan fingerprint density at radius 1 is 1.24 bits per heavy atom. The summed E-state index contributed by atoms with van der Waals surface area (Å²) < 4.78 is 0. The monoisotopic (exact) mass is 317 g/mol. The van der Waals surface area contributed by atoms with Gasteiger partial charge in [-0.3, -0.25) is 9.78 Å². The van der Waals surface area contributed by atoms with E-state index in [1.54, 1.807) is 42.6 Å². The molecule has 0 saturated carbocycles. The van der Waals surface area contributed by atoms with E-state index in [9.17, 15) is 4.79 Å². The van der Waals surface area contributed by atoms with Crippen LogP contribution in [0.25, 0.3) is 6.08 Å². The maximum absolute atomic E-state index is 12.1. The highest BCUT2D eigenvalue weighted by Crippen LogP contribution is 2.29. The van der Waals surface area contributed by atoms with Crippen LogP contribution in [0.4, 0.5) is 5.69 Å². The van der Waals surface area contributed by atoms with Crippen LogP contribution in [0.3, 0.4) is 0 Å². The molecule has 0 radical (unpaired) electrons. The molecule has 0 aliphatic heterocycles. The van der Waals surface area contributed by atoms with Crippen molar-refractivity contribution in [1.29, 1.82) is 5.26 Å². The number of nitrogens with one attached hydrogen (secondary N) is 1. The van der Waals surface area contributed by atoms with E-state index in [1.165, 1.54) is 6.08 Å². The Bertz CT molecular complexity index is 736.